The molecule has 0 atom stereocenters. The van der Waals surface area contributed by atoms with Crippen molar-refractivity contribution in [2.75, 3.05) is 19.0 Å². The van der Waals surface area contributed by atoms with Crippen LogP contribution in [0.15, 0.2) is 47.3 Å². The molecular formula is C23H28N4O4. The molecule has 0 bridgehead atoms. The van der Waals surface area contributed by atoms with Crippen molar-refractivity contribution in [3.05, 3.63) is 58.5 Å². The van der Waals surface area contributed by atoms with E-state index in [1.807, 2.05) is 44.2 Å². The molecule has 0 saturated carbocycles. The summed E-state index contributed by atoms with van der Waals surface area (Å²) in [6.45, 7) is 4.64. The van der Waals surface area contributed by atoms with E-state index >= 15 is 0 Å². The molecule has 3 rings (SSSR count). The van der Waals surface area contributed by atoms with Gasteiger partial charge in [0.1, 0.15) is 5.75 Å². The van der Waals surface area contributed by atoms with Crippen LogP contribution in [0.5, 0.6) is 5.75 Å². The lowest BCUT2D eigenvalue weighted by molar-refractivity contribution is -0.124. The summed E-state index contributed by atoms with van der Waals surface area (Å²) in [6.07, 6.45) is 0.941. The number of imidazole rings is 1. The quantitative estimate of drug-likeness (QED) is 0.552. The lowest BCUT2D eigenvalue weighted by Crippen LogP contribution is -2.34. The first kappa shape index (κ1) is 22.1. The molecule has 0 aliphatic heterocycles. The molecule has 8 nitrogen and oxygen atoms in total. The Hall–Kier alpha value is -3.55. The number of amides is 2. The molecule has 2 N–H and O–H groups in total. The minimum atomic E-state index is -0.353. The standard InChI is InChI=1S/C23H28N4O4/c1-4-12-26-18-7-5-6-8-19(18)27(23(26)30)13-11-21(28)24-15-22(29)25-17-14-16(2)9-10-20(17)31-3/h5-10,14H,4,11-13,15H2,1-3H3,(H,24,28)(H,25,29). The van der Waals surface area contributed by atoms with Crippen LogP contribution in [-0.2, 0) is 22.7 Å². The third kappa shape index (κ3) is 5.14. The summed E-state index contributed by atoms with van der Waals surface area (Å²) in [5.74, 6) is -0.104. The largest absolute Gasteiger partial charge is 0.495 e. The van der Waals surface area contributed by atoms with Gasteiger partial charge < -0.3 is 15.4 Å². The van der Waals surface area contributed by atoms with Crippen molar-refractivity contribution in [2.24, 2.45) is 0 Å². The Morgan fingerprint density at radius 3 is 2.32 bits per heavy atom. The predicted octanol–water partition coefficient (Wildman–Crippen LogP) is 2.68. The minimum Gasteiger partial charge on any atom is -0.495 e. The fourth-order valence-corrected chi connectivity index (χ4v) is 3.52. The highest BCUT2D eigenvalue weighted by Gasteiger charge is 2.14. The molecule has 0 fully saturated rings. The van der Waals surface area contributed by atoms with E-state index in [4.69, 9.17) is 4.74 Å². The molecule has 2 aromatic carbocycles. The summed E-state index contributed by atoms with van der Waals surface area (Å²) in [5.41, 5.74) is 3.07. The molecule has 0 unspecified atom stereocenters. The Morgan fingerprint density at radius 2 is 1.68 bits per heavy atom. The second-order valence-corrected chi connectivity index (χ2v) is 7.35. The monoisotopic (exact) mass is 424 g/mol. The summed E-state index contributed by atoms with van der Waals surface area (Å²) in [7, 11) is 1.53. The summed E-state index contributed by atoms with van der Waals surface area (Å²) < 4.78 is 8.59. The van der Waals surface area contributed by atoms with E-state index in [9.17, 15) is 14.4 Å². The van der Waals surface area contributed by atoms with Crippen molar-refractivity contribution in [2.45, 2.75) is 39.8 Å². The number of nitrogens with one attached hydrogen (secondary N) is 2. The molecule has 1 aromatic heterocycles. The Labute approximate surface area is 180 Å². The maximum Gasteiger partial charge on any atom is 0.329 e. The maximum atomic E-state index is 12.8. The number of para-hydroxylation sites is 2. The molecule has 2 amide bonds. The second-order valence-electron chi connectivity index (χ2n) is 7.35. The van der Waals surface area contributed by atoms with Crippen LogP contribution in [0.25, 0.3) is 11.0 Å². The summed E-state index contributed by atoms with van der Waals surface area (Å²) in [4.78, 5) is 37.3. The molecule has 0 aliphatic rings. The first-order valence-corrected chi connectivity index (χ1v) is 10.3. The van der Waals surface area contributed by atoms with Crippen molar-refractivity contribution < 1.29 is 14.3 Å². The Morgan fingerprint density at radius 1 is 1.00 bits per heavy atom. The zero-order valence-electron chi connectivity index (χ0n) is 18.1. The number of methoxy groups -OCH3 is 1. The van der Waals surface area contributed by atoms with Crippen LogP contribution >= 0.6 is 0 Å². The number of fused-ring (bicyclic) bond motifs is 1. The Balaban J connectivity index is 1.59. The Kier molecular flexibility index (Phi) is 7.12. The maximum absolute atomic E-state index is 12.8. The van der Waals surface area contributed by atoms with E-state index in [2.05, 4.69) is 10.6 Å². The van der Waals surface area contributed by atoms with Crippen LogP contribution in [0.4, 0.5) is 5.69 Å². The van der Waals surface area contributed by atoms with Crippen LogP contribution < -0.4 is 21.1 Å². The van der Waals surface area contributed by atoms with E-state index in [1.54, 1.807) is 21.3 Å². The van der Waals surface area contributed by atoms with Gasteiger partial charge in [0, 0.05) is 19.5 Å². The summed E-state index contributed by atoms with van der Waals surface area (Å²) >= 11 is 0. The van der Waals surface area contributed by atoms with Crippen molar-refractivity contribution in [1.82, 2.24) is 14.5 Å². The van der Waals surface area contributed by atoms with Crippen LogP contribution in [0.2, 0.25) is 0 Å². The van der Waals surface area contributed by atoms with E-state index in [1.165, 1.54) is 7.11 Å². The fourth-order valence-electron chi connectivity index (χ4n) is 3.52. The smallest absolute Gasteiger partial charge is 0.329 e. The zero-order chi connectivity index (χ0) is 22.4. The third-order valence-corrected chi connectivity index (χ3v) is 5.01. The van der Waals surface area contributed by atoms with Gasteiger partial charge in [0.25, 0.3) is 0 Å². The van der Waals surface area contributed by atoms with Crippen molar-refractivity contribution in [1.29, 1.82) is 0 Å². The number of benzene rings is 2. The van der Waals surface area contributed by atoms with Gasteiger partial charge in [-0.3, -0.25) is 18.7 Å². The molecular weight excluding hydrogens is 396 g/mol. The topological polar surface area (TPSA) is 94.4 Å². The Bertz CT molecular complexity index is 1150. The first-order chi connectivity index (χ1) is 14.9. The van der Waals surface area contributed by atoms with E-state index in [-0.39, 0.29) is 37.0 Å². The molecule has 0 spiro atoms. The number of rotatable bonds is 9. The molecule has 3 aromatic rings. The molecule has 0 radical (unpaired) electrons. The van der Waals surface area contributed by atoms with Crippen molar-refractivity contribution >= 4 is 28.5 Å². The highest BCUT2D eigenvalue weighted by atomic mass is 16.5. The second kappa shape index (κ2) is 9.97. The molecule has 0 saturated heterocycles. The third-order valence-electron chi connectivity index (χ3n) is 5.01. The predicted molar refractivity (Wildman–Crippen MR) is 120 cm³/mol. The molecule has 0 aliphatic carbocycles. The van der Waals surface area contributed by atoms with Crippen LogP contribution in [0, 0.1) is 6.92 Å². The number of anilines is 1. The molecule has 1 heterocycles. The zero-order valence-corrected chi connectivity index (χ0v) is 18.1. The highest BCUT2D eigenvalue weighted by Crippen LogP contribution is 2.24. The molecule has 31 heavy (non-hydrogen) atoms. The van der Waals surface area contributed by atoms with Gasteiger partial charge in [0.15, 0.2) is 0 Å². The van der Waals surface area contributed by atoms with Gasteiger partial charge in [-0.2, -0.15) is 0 Å². The lowest BCUT2D eigenvalue weighted by atomic mass is 10.2. The van der Waals surface area contributed by atoms with Crippen LogP contribution in [0.3, 0.4) is 0 Å². The normalized spacial score (nSPS) is 10.8. The van der Waals surface area contributed by atoms with E-state index in [0.717, 1.165) is 23.0 Å². The summed E-state index contributed by atoms with van der Waals surface area (Å²) in [5, 5.41) is 5.36. The van der Waals surface area contributed by atoms with Gasteiger partial charge in [0.05, 0.1) is 30.4 Å². The van der Waals surface area contributed by atoms with Gasteiger partial charge in [0.2, 0.25) is 11.8 Å². The van der Waals surface area contributed by atoms with Crippen LogP contribution in [-0.4, -0.2) is 34.6 Å². The fraction of sp³-hybridized carbons (Fsp3) is 0.348. The molecule has 8 heteroatoms. The number of nitrogens with zero attached hydrogens (tertiary/aromatic N) is 2. The number of aromatic nitrogens is 2. The highest BCUT2D eigenvalue weighted by molar-refractivity contribution is 5.95. The number of carbonyl (C=O) groups excluding carboxylic acids is 2. The number of carbonyl (C=O) groups is 2. The van der Waals surface area contributed by atoms with E-state index in [0.29, 0.717) is 18.0 Å². The number of hydrogen-bond donors (Lipinski definition) is 2. The average Bonchev–Trinajstić information content (AvgIpc) is 3.02. The number of hydrogen-bond acceptors (Lipinski definition) is 4. The lowest BCUT2D eigenvalue weighted by Gasteiger charge is -2.11. The SMILES string of the molecule is CCCn1c(=O)n(CCC(=O)NCC(=O)Nc2cc(C)ccc2OC)c2ccccc21. The van der Waals surface area contributed by atoms with Gasteiger partial charge in [-0.1, -0.05) is 25.1 Å². The first-order valence-electron chi connectivity index (χ1n) is 10.3. The van der Waals surface area contributed by atoms with Crippen LogP contribution in [0.1, 0.15) is 25.3 Å². The van der Waals surface area contributed by atoms with Gasteiger partial charge >= 0.3 is 5.69 Å². The number of aryl methyl sites for hydroxylation is 3. The van der Waals surface area contributed by atoms with E-state index < -0.39 is 0 Å². The minimum absolute atomic E-state index is 0.0983. The number of ether oxygens (including phenoxy) is 1. The average molecular weight is 425 g/mol. The van der Waals surface area contributed by atoms with Crippen molar-refractivity contribution in [3.63, 3.8) is 0 Å². The van der Waals surface area contributed by atoms with Gasteiger partial charge in [-0.25, -0.2) is 4.79 Å². The van der Waals surface area contributed by atoms with Gasteiger partial charge in [-0.05, 0) is 43.2 Å². The van der Waals surface area contributed by atoms with Crippen molar-refractivity contribution in [3.8, 4) is 5.75 Å². The van der Waals surface area contributed by atoms with Gasteiger partial charge in [-0.15, -0.1) is 0 Å². The molecule has 164 valence electrons. The summed E-state index contributed by atoms with van der Waals surface area (Å²) in [6, 6.07) is 13.0.